The van der Waals surface area contributed by atoms with Crippen molar-refractivity contribution >= 4 is 31.5 Å². The summed E-state index contributed by atoms with van der Waals surface area (Å²) in [5.41, 5.74) is 1.11. The largest absolute Gasteiger partial charge is 0.326 e. The van der Waals surface area contributed by atoms with Gasteiger partial charge in [-0.05, 0) is 42.7 Å². The summed E-state index contributed by atoms with van der Waals surface area (Å²) in [5.74, 6) is -0.795. The van der Waals surface area contributed by atoms with Gasteiger partial charge in [0.15, 0.2) is 9.84 Å². The molecule has 0 radical (unpaired) electrons. The van der Waals surface area contributed by atoms with Crippen LogP contribution in [-0.4, -0.2) is 45.9 Å². The molecule has 29 heavy (non-hydrogen) atoms. The Morgan fingerprint density at radius 2 is 1.52 bits per heavy atom. The smallest absolute Gasteiger partial charge is 0.243 e. The predicted molar refractivity (Wildman–Crippen MR) is 112 cm³/mol. The Morgan fingerprint density at radius 3 is 2.14 bits per heavy atom. The zero-order chi connectivity index (χ0) is 20.9. The Balaban J connectivity index is 1.54. The molecule has 1 N–H and O–H groups in total. The van der Waals surface area contributed by atoms with E-state index >= 15 is 0 Å². The molecule has 0 spiro atoms. The van der Waals surface area contributed by atoms with Gasteiger partial charge in [0.05, 0.1) is 16.4 Å². The number of benzene rings is 2. The third-order valence-corrected chi connectivity index (χ3v) is 8.22. The zero-order valence-electron chi connectivity index (χ0n) is 16.0. The maximum atomic E-state index is 12.5. The number of carbonyl (C=O) groups excluding carboxylic acids is 1. The van der Waals surface area contributed by atoms with Crippen LogP contribution in [0.25, 0.3) is 0 Å². The molecular weight excluding hydrogens is 412 g/mol. The average molecular weight is 437 g/mol. The molecule has 1 aliphatic rings. The van der Waals surface area contributed by atoms with Crippen LogP contribution in [0.15, 0.2) is 59.5 Å². The van der Waals surface area contributed by atoms with Gasteiger partial charge in [-0.15, -0.1) is 0 Å². The first kappa shape index (κ1) is 21.5. The minimum Gasteiger partial charge on any atom is -0.326 e. The Kier molecular flexibility index (Phi) is 6.71. The minimum absolute atomic E-state index is 0.107. The zero-order valence-corrected chi connectivity index (χ0v) is 17.6. The van der Waals surface area contributed by atoms with Gasteiger partial charge < -0.3 is 5.32 Å². The number of carbonyl (C=O) groups is 1. The maximum absolute atomic E-state index is 12.5. The second kappa shape index (κ2) is 9.06. The van der Waals surface area contributed by atoms with Crippen LogP contribution in [0.3, 0.4) is 0 Å². The van der Waals surface area contributed by atoms with Crippen LogP contribution in [0.5, 0.6) is 0 Å². The van der Waals surface area contributed by atoms with Gasteiger partial charge in [-0.25, -0.2) is 16.8 Å². The summed E-state index contributed by atoms with van der Waals surface area (Å²) in [4.78, 5) is 12.3. The number of nitrogens with one attached hydrogen (secondary N) is 1. The molecule has 2 aromatic rings. The topological polar surface area (TPSA) is 101 Å². The lowest BCUT2D eigenvalue weighted by Gasteiger charge is -2.15. The maximum Gasteiger partial charge on any atom is 0.243 e. The van der Waals surface area contributed by atoms with Crippen LogP contribution in [0.4, 0.5) is 5.69 Å². The van der Waals surface area contributed by atoms with Crippen molar-refractivity contribution in [1.29, 1.82) is 0 Å². The molecule has 0 aliphatic carbocycles. The molecule has 1 heterocycles. The van der Waals surface area contributed by atoms with Gasteiger partial charge in [-0.3, -0.25) is 4.79 Å². The summed E-state index contributed by atoms with van der Waals surface area (Å²) in [6.07, 6.45) is 1.56. The molecule has 3 rings (SSSR count). The van der Waals surface area contributed by atoms with E-state index in [1.807, 2.05) is 6.07 Å². The van der Waals surface area contributed by atoms with E-state index in [1.54, 1.807) is 24.3 Å². The van der Waals surface area contributed by atoms with Crippen molar-refractivity contribution in [2.75, 3.05) is 24.2 Å². The molecule has 156 valence electrons. The van der Waals surface area contributed by atoms with Gasteiger partial charge in [-0.1, -0.05) is 30.3 Å². The highest BCUT2D eigenvalue weighted by Crippen LogP contribution is 2.22. The van der Waals surface area contributed by atoms with Gasteiger partial charge in [-0.2, -0.15) is 4.31 Å². The number of sulfonamides is 1. The fourth-order valence-corrected chi connectivity index (χ4v) is 6.02. The summed E-state index contributed by atoms with van der Waals surface area (Å²) in [5, 5.41) is 2.61. The van der Waals surface area contributed by atoms with Crippen LogP contribution in [0.2, 0.25) is 0 Å². The number of hydrogen-bond acceptors (Lipinski definition) is 5. The standard InChI is InChI=1S/C20H24N2O5S2/c23-20(12-15-28(24,25)16-17-6-2-1-3-7-17)21-18-8-10-19(11-9-18)29(26,27)22-13-4-5-14-22/h1-3,6-11H,4-5,12-16H2,(H,21,23). The summed E-state index contributed by atoms with van der Waals surface area (Å²) >= 11 is 0. The molecule has 0 bridgehead atoms. The van der Waals surface area contributed by atoms with Crippen LogP contribution in [0, 0.1) is 0 Å². The van der Waals surface area contributed by atoms with Crippen LogP contribution >= 0.6 is 0 Å². The van der Waals surface area contributed by atoms with Crippen molar-refractivity contribution in [1.82, 2.24) is 4.31 Å². The summed E-state index contributed by atoms with van der Waals surface area (Å²) in [7, 11) is -6.91. The van der Waals surface area contributed by atoms with Crippen molar-refractivity contribution in [2.24, 2.45) is 0 Å². The van der Waals surface area contributed by atoms with Crippen molar-refractivity contribution in [3.63, 3.8) is 0 Å². The molecule has 9 heteroatoms. The lowest BCUT2D eigenvalue weighted by Crippen LogP contribution is -2.27. The first-order valence-electron chi connectivity index (χ1n) is 9.41. The number of nitrogens with zero attached hydrogens (tertiary/aromatic N) is 1. The number of anilines is 1. The highest BCUT2D eigenvalue weighted by molar-refractivity contribution is 7.90. The van der Waals surface area contributed by atoms with E-state index in [0.29, 0.717) is 24.3 Å². The molecule has 1 saturated heterocycles. The molecule has 1 aliphatic heterocycles. The quantitative estimate of drug-likeness (QED) is 0.685. The normalized spacial score (nSPS) is 15.3. The van der Waals surface area contributed by atoms with Crippen molar-refractivity contribution in [2.45, 2.75) is 29.9 Å². The van der Waals surface area contributed by atoms with Gasteiger partial charge >= 0.3 is 0 Å². The number of sulfone groups is 1. The van der Waals surface area contributed by atoms with Gasteiger partial charge in [0, 0.05) is 25.2 Å². The molecule has 7 nitrogen and oxygen atoms in total. The molecule has 1 amide bonds. The van der Waals surface area contributed by atoms with Crippen LogP contribution < -0.4 is 5.32 Å². The van der Waals surface area contributed by atoms with Crippen molar-refractivity contribution < 1.29 is 21.6 Å². The Hall–Kier alpha value is -2.23. The molecular formula is C20H24N2O5S2. The second-order valence-corrected chi connectivity index (χ2v) is 11.1. The molecule has 2 aromatic carbocycles. The van der Waals surface area contributed by atoms with E-state index in [9.17, 15) is 21.6 Å². The number of hydrogen-bond donors (Lipinski definition) is 1. The summed E-state index contributed by atoms with van der Waals surface area (Å²) in [6, 6.07) is 14.7. The summed E-state index contributed by atoms with van der Waals surface area (Å²) < 4.78 is 50.8. The van der Waals surface area contributed by atoms with Crippen LogP contribution in [-0.2, 0) is 30.4 Å². The van der Waals surface area contributed by atoms with Crippen LogP contribution in [0.1, 0.15) is 24.8 Å². The first-order chi connectivity index (χ1) is 13.8. The fourth-order valence-electron chi connectivity index (χ4n) is 3.16. The lowest BCUT2D eigenvalue weighted by molar-refractivity contribution is -0.115. The molecule has 0 saturated carbocycles. The van der Waals surface area contributed by atoms with E-state index in [0.717, 1.165) is 12.8 Å². The van der Waals surface area contributed by atoms with Gasteiger partial charge in [0.1, 0.15) is 0 Å². The van der Waals surface area contributed by atoms with Crippen molar-refractivity contribution in [3.8, 4) is 0 Å². The molecule has 0 atom stereocenters. The third kappa shape index (κ3) is 5.88. The van der Waals surface area contributed by atoms with E-state index in [2.05, 4.69) is 5.32 Å². The first-order valence-corrected chi connectivity index (χ1v) is 12.7. The second-order valence-electron chi connectivity index (χ2n) is 7.01. The molecule has 0 unspecified atom stereocenters. The van der Waals surface area contributed by atoms with E-state index in [1.165, 1.54) is 28.6 Å². The monoisotopic (exact) mass is 436 g/mol. The predicted octanol–water partition coefficient (Wildman–Crippen LogP) is 2.41. The SMILES string of the molecule is O=C(CCS(=O)(=O)Cc1ccccc1)Nc1ccc(S(=O)(=O)N2CCCC2)cc1. The van der Waals surface area contributed by atoms with Gasteiger partial charge in [0.2, 0.25) is 15.9 Å². The number of rotatable bonds is 8. The number of amides is 1. The average Bonchev–Trinajstić information content (AvgIpc) is 3.23. The summed E-state index contributed by atoms with van der Waals surface area (Å²) in [6.45, 7) is 1.05. The molecule has 1 fully saturated rings. The minimum atomic E-state index is -3.50. The third-order valence-electron chi connectivity index (χ3n) is 4.71. The van der Waals surface area contributed by atoms with E-state index in [4.69, 9.17) is 0 Å². The highest BCUT2D eigenvalue weighted by atomic mass is 32.2. The lowest BCUT2D eigenvalue weighted by atomic mass is 10.2. The molecule has 0 aromatic heterocycles. The highest BCUT2D eigenvalue weighted by Gasteiger charge is 2.27. The van der Waals surface area contributed by atoms with E-state index < -0.39 is 25.8 Å². The van der Waals surface area contributed by atoms with Gasteiger partial charge in [0.25, 0.3) is 0 Å². The fraction of sp³-hybridized carbons (Fsp3) is 0.350. The van der Waals surface area contributed by atoms with Crippen molar-refractivity contribution in [3.05, 3.63) is 60.2 Å². The Bertz CT molecular complexity index is 1040. The Morgan fingerprint density at radius 1 is 0.897 bits per heavy atom. The Labute approximate surface area is 171 Å². The van der Waals surface area contributed by atoms with E-state index in [-0.39, 0.29) is 22.8 Å².